The first-order valence-electron chi connectivity index (χ1n) is 6.25. The van der Waals surface area contributed by atoms with Crippen LogP contribution in [0.5, 0.6) is 0 Å². The lowest BCUT2D eigenvalue weighted by molar-refractivity contribution is 0.0405. The number of nitrogens with one attached hydrogen (secondary N) is 1. The molecule has 0 spiro atoms. The molecule has 0 radical (unpaired) electrons. The number of ether oxygens (including phenoxy) is 1. The van der Waals surface area contributed by atoms with Crippen LogP contribution < -0.4 is 11.1 Å². The molecule has 1 aromatic rings. The van der Waals surface area contributed by atoms with Gasteiger partial charge in [-0.3, -0.25) is 0 Å². The molecule has 0 aliphatic carbocycles. The number of nitrogen functional groups attached to an aromatic ring is 1. The van der Waals surface area contributed by atoms with Gasteiger partial charge in [0.2, 0.25) is 0 Å². The minimum Gasteiger partial charge on any atom is -0.383 e. The van der Waals surface area contributed by atoms with E-state index in [0.29, 0.717) is 17.8 Å². The zero-order chi connectivity index (χ0) is 12.1. The topological polar surface area (TPSA) is 60.2 Å². The van der Waals surface area contributed by atoms with Crippen LogP contribution in [-0.4, -0.2) is 31.3 Å². The maximum absolute atomic E-state index is 5.88. The van der Waals surface area contributed by atoms with Crippen LogP contribution in [0.15, 0.2) is 18.3 Å². The van der Waals surface area contributed by atoms with Crippen LogP contribution in [0.25, 0.3) is 0 Å². The summed E-state index contributed by atoms with van der Waals surface area (Å²) in [6.07, 6.45) is 5.04. The zero-order valence-corrected chi connectivity index (χ0v) is 10.4. The predicted molar refractivity (Wildman–Crippen MR) is 68.7 cm³/mol. The summed E-state index contributed by atoms with van der Waals surface area (Å²) in [7, 11) is 2.01. The number of nitrogens with zero attached hydrogens (tertiary/aromatic N) is 1. The van der Waals surface area contributed by atoms with Crippen molar-refractivity contribution in [3.05, 3.63) is 23.9 Å². The number of hydrogen-bond donors (Lipinski definition) is 2. The molecule has 94 valence electrons. The Kier molecular flexibility index (Phi) is 4.34. The van der Waals surface area contributed by atoms with Crippen molar-refractivity contribution in [1.82, 2.24) is 10.3 Å². The molecular weight excluding hydrogens is 214 g/mol. The summed E-state index contributed by atoms with van der Waals surface area (Å²) in [6, 6.07) is 4.41. The summed E-state index contributed by atoms with van der Waals surface area (Å²) in [6.45, 7) is 1.76. The van der Waals surface area contributed by atoms with Gasteiger partial charge >= 0.3 is 0 Å². The first-order chi connectivity index (χ1) is 8.31. The molecule has 2 unspecified atom stereocenters. The number of rotatable bonds is 4. The highest BCUT2D eigenvalue weighted by molar-refractivity contribution is 5.38. The van der Waals surface area contributed by atoms with Crippen LogP contribution >= 0.6 is 0 Å². The van der Waals surface area contributed by atoms with E-state index in [0.717, 1.165) is 31.6 Å². The SMILES string of the molecule is CNC(Cc1cccnc1N)C1CCCOC1. The molecule has 1 aliphatic heterocycles. The average molecular weight is 235 g/mol. The third-order valence-corrected chi connectivity index (χ3v) is 3.50. The van der Waals surface area contributed by atoms with E-state index in [9.17, 15) is 0 Å². The zero-order valence-electron chi connectivity index (χ0n) is 10.4. The minimum atomic E-state index is 0.418. The number of likely N-dealkylation sites (N-methyl/N-ethyl adjacent to an activating group) is 1. The van der Waals surface area contributed by atoms with Gasteiger partial charge < -0.3 is 15.8 Å². The van der Waals surface area contributed by atoms with Crippen molar-refractivity contribution in [2.24, 2.45) is 5.92 Å². The molecule has 17 heavy (non-hydrogen) atoms. The van der Waals surface area contributed by atoms with Gasteiger partial charge in [0.25, 0.3) is 0 Å². The van der Waals surface area contributed by atoms with Crippen LogP contribution in [0, 0.1) is 5.92 Å². The lowest BCUT2D eigenvalue weighted by Crippen LogP contribution is -2.40. The summed E-state index contributed by atoms with van der Waals surface area (Å²) in [5, 5.41) is 3.38. The molecule has 1 saturated heterocycles. The van der Waals surface area contributed by atoms with Gasteiger partial charge in [0.05, 0.1) is 6.61 Å². The molecule has 2 heterocycles. The molecule has 0 amide bonds. The van der Waals surface area contributed by atoms with E-state index in [2.05, 4.69) is 16.4 Å². The minimum absolute atomic E-state index is 0.418. The second-order valence-corrected chi connectivity index (χ2v) is 4.62. The average Bonchev–Trinajstić information content (AvgIpc) is 2.39. The normalized spacial score (nSPS) is 22.3. The Morgan fingerprint density at radius 3 is 3.18 bits per heavy atom. The Bertz CT molecular complexity index is 350. The lowest BCUT2D eigenvalue weighted by Gasteiger charge is -2.30. The fraction of sp³-hybridized carbons (Fsp3) is 0.615. The van der Waals surface area contributed by atoms with Gasteiger partial charge in [-0.05, 0) is 43.9 Å². The van der Waals surface area contributed by atoms with Crippen LogP contribution in [0.1, 0.15) is 18.4 Å². The van der Waals surface area contributed by atoms with Gasteiger partial charge in [0.15, 0.2) is 0 Å². The largest absolute Gasteiger partial charge is 0.383 e. The van der Waals surface area contributed by atoms with Crippen molar-refractivity contribution in [1.29, 1.82) is 0 Å². The molecule has 1 aliphatic rings. The Morgan fingerprint density at radius 1 is 1.65 bits per heavy atom. The van der Waals surface area contributed by atoms with E-state index in [1.54, 1.807) is 6.20 Å². The first kappa shape index (κ1) is 12.3. The smallest absolute Gasteiger partial charge is 0.126 e. The number of anilines is 1. The summed E-state index contributed by atoms with van der Waals surface area (Å²) in [5.74, 6) is 1.22. The molecule has 4 nitrogen and oxygen atoms in total. The first-order valence-corrected chi connectivity index (χ1v) is 6.25. The van der Waals surface area contributed by atoms with Crippen molar-refractivity contribution in [3.63, 3.8) is 0 Å². The Labute approximate surface area is 103 Å². The molecule has 0 saturated carbocycles. The molecule has 3 N–H and O–H groups in total. The van der Waals surface area contributed by atoms with Crippen LogP contribution in [0.3, 0.4) is 0 Å². The molecule has 2 atom stereocenters. The van der Waals surface area contributed by atoms with Crippen molar-refractivity contribution in [2.75, 3.05) is 26.0 Å². The Balaban J connectivity index is 2.01. The fourth-order valence-electron chi connectivity index (χ4n) is 2.45. The quantitative estimate of drug-likeness (QED) is 0.824. The number of hydrogen-bond acceptors (Lipinski definition) is 4. The maximum atomic E-state index is 5.88. The van der Waals surface area contributed by atoms with Crippen LogP contribution in [0.4, 0.5) is 5.82 Å². The lowest BCUT2D eigenvalue weighted by atomic mass is 9.89. The monoisotopic (exact) mass is 235 g/mol. The van der Waals surface area contributed by atoms with Gasteiger partial charge in [-0.25, -0.2) is 4.98 Å². The van der Waals surface area contributed by atoms with Crippen molar-refractivity contribution in [3.8, 4) is 0 Å². The second kappa shape index (κ2) is 5.98. The highest BCUT2D eigenvalue weighted by Crippen LogP contribution is 2.21. The molecular formula is C13H21N3O. The predicted octanol–water partition coefficient (Wildman–Crippen LogP) is 1.22. The molecule has 1 aromatic heterocycles. The molecule has 2 rings (SSSR count). The molecule has 1 fully saturated rings. The second-order valence-electron chi connectivity index (χ2n) is 4.62. The van der Waals surface area contributed by atoms with E-state index in [1.165, 1.54) is 6.42 Å². The van der Waals surface area contributed by atoms with Crippen LogP contribution in [-0.2, 0) is 11.2 Å². The summed E-state index contributed by atoms with van der Waals surface area (Å²) < 4.78 is 5.55. The Hall–Kier alpha value is -1.13. The van der Waals surface area contributed by atoms with Crippen molar-refractivity contribution < 1.29 is 4.74 Å². The maximum Gasteiger partial charge on any atom is 0.126 e. The van der Waals surface area contributed by atoms with Gasteiger partial charge in [-0.1, -0.05) is 6.07 Å². The van der Waals surface area contributed by atoms with E-state index in [1.807, 2.05) is 13.1 Å². The Morgan fingerprint density at radius 2 is 2.53 bits per heavy atom. The van der Waals surface area contributed by atoms with Gasteiger partial charge in [0.1, 0.15) is 5.82 Å². The number of nitrogens with two attached hydrogens (primary N) is 1. The van der Waals surface area contributed by atoms with Gasteiger partial charge in [-0.2, -0.15) is 0 Å². The highest BCUT2D eigenvalue weighted by atomic mass is 16.5. The summed E-state index contributed by atoms with van der Waals surface area (Å²) in [5.41, 5.74) is 7.01. The fourth-order valence-corrected chi connectivity index (χ4v) is 2.45. The van der Waals surface area contributed by atoms with E-state index < -0.39 is 0 Å². The number of aromatic nitrogens is 1. The van der Waals surface area contributed by atoms with Gasteiger partial charge in [-0.15, -0.1) is 0 Å². The molecule has 4 heteroatoms. The number of pyridine rings is 1. The van der Waals surface area contributed by atoms with E-state index in [4.69, 9.17) is 10.5 Å². The standard InChI is InChI=1S/C13H21N3O/c1-15-12(11-5-3-7-17-9-11)8-10-4-2-6-16-13(10)14/h2,4,6,11-12,15H,3,5,7-9H2,1H3,(H2,14,16). The highest BCUT2D eigenvalue weighted by Gasteiger charge is 2.23. The van der Waals surface area contributed by atoms with Gasteiger partial charge in [0, 0.05) is 18.8 Å². The van der Waals surface area contributed by atoms with Crippen LogP contribution in [0.2, 0.25) is 0 Å². The summed E-state index contributed by atoms with van der Waals surface area (Å²) >= 11 is 0. The van der Waals surface area contributed by atoms with E-state index >= 15 is 0 Å². The van der Waals surface area contributed by atoms with Crippen molar-refractivity contribution in [2.45, 2.75) is 25.3 Å². The van der Waals surface area contributed by atoms with Crippen molar-refractivity contribution >= 4 is 5.82 Å². The molecule has 0 bridgehead atoms. The summed E-state index contributed by atoms with van der Waals surface area (Å²) in [4.78, 5) is 4.13. The third-order valence-electron chi connectivity index (χ3n) is 3.50. The molecule has 0 aromatic carbocycles. The van der Waals surface area contributed by atoms with E-state index in [-0.39, 0.29) is 0 Å². The third kappa shape index (κ3) is 3.17.